The SMILES string of the molecule is Cc1nc(Nc2ccc3c(c2)CCCN3)ccc1C#N. The minimum Gasteiger partial charge on any atom is -0.385 e. The van der Waals surface area contributed by atoms with E-state index in [4.69, 9.17) is 5.26 Å². The molecule has 1 aliphatic rings. The molecule has 1 aromatic heterocycles. The number of fused-ring (bicyclic) bond motifs is 1. The smallest absolute Gasteiger partial charge is 0.130 e. The summed E-state index contributed by atoms with van der Waals surface area (Å²) in [5.74, 6) is 0.769. The molecule has 1 aromatic carbocycles. The van der Waals surface area contributed by atoms with Crippen LogP contribution >= 0.6 is 0 Å². The van der Waals surface area contributed by atoms with Gasteiger partial charge in [0.2, 0.25) is 0 Å². The molecule has 0 saturated carbocycles. The number of hydrogen-bond acceptors (Lipinski definition) is 4. The van der Waals surface area contributed by atoms with Gasteiger partial charge in [0, 0.05) is 17.9 Å². The van der Waals surface area contributed by atoms with Crippen LogP contribution in [-0.2, 0) is 6.42 Å². The zero-order valence-corrected chi connectivity index (χ0v) is 11.4. The molecule has 0 fully saturated rings. The quantitative estimate of drug-likeness (QED) is 0.873. The van der Waals surface area contributed by atoms with E-state index in [1.54, 1.807) is 6.07 Å². The van der Waals surface area contributed by atoms with Crippen molar-refractivity contribution in [2.24, 2.45) is 0 Å². The van der Waals surface area contributed by atoms with E-state index in [1.165, 1.54) is 17.7 Å². The van der Waals surface area contributed by atoms with Gasteiger partial charge in [0.05, 0.1) is 11.3 Å². The third kappa shape index (κ3) is 2.43. The molecule has 2 aromatic rings. The Morgan fingerprint density at radius 2 is 2.20 bits per heavy atom. The summed E-state index contributed by atoms with van der Waals surface area (Å²) in [6, 6.07) is 12.1. The third-order valence-corrected chi connectivity index (χ3v) is 3.52. The highest BCUT2D eigenvalue weighted by molar-refractivity contribution is 5.65. The summed E-state index contributed by atoms with van der Waals surface area (Å²) in [7, 11) is 0. The molecule has 4 heteroatoms. The Labute approximate surface area is 118 Å². The Kier molecular flexibility index (Phi) is 3.26. The van der Waals surface area contributed by atoms with Gasteiger partial charge in [0.15, 0.2) is 0 Å². The first-order valence-electron chi connectivity index (χ1n) is 6.78. The second kappa shape index (κ2) is 5.22. The van der Waals surface area contributed by atoms with Crippen LogP contribution in [0.3, 0.4) is 0 Å². The van der Waals surface area contributed by atoms with Gasteiger partial charge < -0.3 is 10.6 Å². The second-order valence-corrected chi connectivity index (χ2v) is 4.97. The fourth-order valence-corrected chi connectivity index (χ4v) is 2.45. The van der Waals surface area contributed by atoms with Gasteiger partial charge in [-0.1, -0.05) is 0 Å². The maximum Gasteiger partial charge on any atom is 0.130 e. The van der Waals surface area contributed by atoms with Gasteiger partial charge in [-0.2, -0.15) is 5.26 Å². The summed E-state index contributed by atoms with van der Waals surface area (Å²) in [4.78, 5) is 4.40. The molecule has 4 nitrogen and oxygen atoms in total. The molecule has 0 bridgehead atoms. The van der Waals surface area contributed by atoms with Crippen molar-refractivity contribution in [1.29, 1.82) is 5.26 Å². The van der Waals surface area contributed by atoms with Crippen LogP contribution in [0, 0.1) is 18.3 Å². The average molecular weight is 264 g/mol. The number of pyridine rings is 1. The number of aryl methyl sites for hydroxylation is 2. The van der Waals surface area contributed by atoms with Crippen LogP contribution < -0.4 is 10.6 Å². The molecular formula is C16H16N4. The summed E-state index contributed by atoms with van der Waals surface area (Å²) in [5.41, 5.74) is 4.96. The highest BCUT2D eigenvalue weighted by Gasteiger charge is 2.09. The highest BCUT2D eigenvalue weighted by atomic mass is 15.0. The molecule has 0 atom stereocenters. The van der Waals surface area contributed by atoms with Gasteiger partial charge in [-0.25, -0.2) is 4.98 Å². The molecule has 100 valence electrons. The van der Waals surface area contributed by atoms with E-state index >= 15 is 0 Å². The van der Waals surface area contributed by atoms with Gasteiger partial charge in [-0.05, 0) is 55.7 Å². The Balaban J connectivity index is 1.84. The lowest BCUT2D eigenvalue weighted by Gasteiger charge is -2.19. The van der Waals surface area contributed by atoms with Crippen LogP contribution in [0.1, 0.15) is 23.2 Å². The number of nitrogens with one attached hydrogen (secondary N) is 2. The van der Waals surface area contributed by atoms with Crippen molar-refractivity contribution in [1.82, 2.24) is 4.98 Å². The summed E-state index contributed by atoms with van der Waals surface area (Å²) in [6.07, 6.45) is 2.28. The molecule has 3 rings (SSSR count). The monoisotopic (exact) mass is 264 g/mol. The van der Waals surface area contributed by atoms with Crippen molar-refractivity contribution in [2.75, 3.05) is 17.2 Å². The summed E-state index contributed by atoms with van der Waals surface area (Å²) >= 11 is 0. The Bertz CT molecular complexity index is 685. The first-order chi connectivity index (χ1) is 9.76. The van der Waals surface area contributed by atoms with E-state index in [2.05, 4.69) is 33.8 Å². The normalized spacial score (nSPS) is 13.0. The molecule has 2 N–H and O–H groups in total. The standard InChI is InChI=1S/C16H16N4/c1-11-13(10-17)4-7-16(19-11)20-14-5-6-15-12(9-14)3-2-8-18-15/h4-7,9,18H,2-3,8H2,1H3,(H,19,20). The number of aromatic nitrogens is 1. The van der Waals surface area contributed by atoms with E-state index in [-0.39, 0.29) is 0 Å². The number of hydrogen-bond donors (Lipinski definition) is 2. The average Bonchev–Trinajstić information content (AvgIpc) is 2.47. The van der Waals surface area contributed by atoms with Crippen LogP contribution in [-0.4, -0.2) is 11.5 Å². The van der Waals surface area contributed by atoms with Gasteiger partial charge in [-0.3, -0.25) is 0 Å². The number of nitrogens with zero attached hydrogens (tertiary/aromatic N) is 2. The van der Waals surface area contributed by atoms with Crippen molar-refractivity contribution >= 4 is 17.2 Å². The fraction of sp³-hybridized carbons (Fsp3) is 0.250. The zero-order valence-electron chi connectivity index (χ0n) is 11.4. The van der Waals surface area contributed by atoms with Crippen molar-refractivity contribution < 1.29 is 0 Å². The maximum absolute atomic E-state index is 8.91. The van der Waals surface area contributed by atoms with Gasteiger partial charge in [0.25, 0.3) is 0 Å². The number of nitriles is 1. The zero-order chi connectivity index (χ0) is 13.9. The van der Waals surface area contributed by atoms with Crippen molar-refractivity contribution in [3.05, 3.63) is 47.2 Å². The predicted octanol–water partition coefficient (Wildman–Crippen LogP) is 3.36. The molecule has 0 saturated heterocycles. The first kappa shape index (κ1) is 12.5. The molecule has 0 aliphatic carbocycles. The molecule has 0 amide bonds. The minimum atomic E-state index is 0.616. The predicted molar refractivity (Wildman–Crippen MR) is 80.2 cm³/mol. The molecular weight excluding hydrogens is 248 g/mol. The Hall–Kier alpha value is -2.54. The van der Waals surface area contributed by atoms with Crippen LogP contribution in [0.25, 0.3) is 0 Å². The fourth-order valence-electron chi connectivity index (χ4n) is 2.45. The van der Waals surface area contributed by atoms with Gasteiger partial charge in [-0.15, -0.1) is 0 Å². The largest absolute Gasteiger partial charge is 0.385 e. The lowest BCUT2D eigenvalue weighted by molar-refractivity contribution is 0.830. The summed E-state index contributed by atoms with van der Waals surface area (Å²) in [5, 5.41) is 15.6. The van der Waals surface area contributed by atoms with E-state index in [0.29, 0.717) is 5.56 Å². The van der Waals surface area contributed by atoms with Crippen molar-refractivity contribution in [3.8, 4) is 6.07 Å². The summed E-state index contributed by atoms with van der Waals surface area (Å²) < 4.78 is 0. The topological polar surface area (TPSA) is 60.7 Å². The van der Waals surface area contributed by atoms with Crippen LogP contribution in [0.2, 0.25) is 0 Å². The third-order valence-electron chi connectivity index (χ3n) is 3.52. The van der Waals surface area contributed by atoms with Crippen LogP contribution in [0.4, 0.5) is 17.2 Å². The van der Waals surface area contributed by atoms with E-state index < -0.39 is 0 Å². The van der Waals surface area contributed by atoms with E-state index in [0.717, 1.165) is 30.2 Å². The molecule has 0 spiro atoms. The number of anilines is 3. The highest BCUT2D eigenvalue weighted by Crippen LogP contribution is 2.26. The van der Waals surface area contributed by atoms with Crippen molar-refractivity contribution in [2.45, 2.75) is 19.8 Å². The minimum absolute atomic E-state index is 0.616. The van der Waals surface area contributed by atoms with Gasteiger partial charge in [0.1, 0.15) is 11.9 Å². The first-order valence-corrected chi connectivity index (χ1v) is 6.78. The van der Waals surface area contributed by atoms with Crippen LogP contribution in [0.15, 0.2) is 30.3 Å². The molecule has 0 unspecified atom stereocenters. The summed E-state index contributed by atoms with van der Waals surface area (Å²) in [6.45, 7) is 2.90. The molecule has 2 heterocycles. The number of rotatable bonds is 2. The van der Waals surface area contributed by atoms with Crippen molar-refractivity contribution in [3.63, 3.8) is 0 Å². The molecule has 20 heavy (non-hydrogen) atoms. The maximum atomic E-state index is 8.91. The lowest BCUT2D eigenvalue weighted by atomic mass is 10.0. The van der Waals surface area contributed by atoms with E-state index in [9.17, 15) is 0 Å². The Morgan fingerprint density at radius 1 is 1.30 bits per heavy atom. The number of benzene rings is 1. The van der Waals surface area contributed by atoms with Crippen LogP contribution in [0.5, 0.6) is 0 Å². The Morgan fingerprint density at radius 3 is 3.00 bits per heavy atom. The van der Waals surface area contributed by atoms with Gasteiger partial charge >= 0.3 is 0 Å². The van der Waals surface area contributed by atoms with E-state index in [1.807, 2.05) is 19.1 Å². The lowest BCUT2D eigenvalue weighted by Crippen LogP contribution is -2.11. The molecule has 0 radical (unpaired) electrons. The molecule has 1 aliphatic heterocycles. The second-order valence-electron chi connectivity index (χ2n) is 4.97.